The largest absolute Gasteiger partial charge is 0.497 e. The van der Waals surface area contributed by atoms with E-state index in [9.17, 15) is 4.79 Å². The molecule has 2 aromatic rings. The molecule has 0 radical (unpaired) electrons. The van der Waals surface area contributed by atoms with Crippen molar-refractivity contribution < 1.29 is 9.53 Å². The molecule has 5 heteroatoms. The van der Waals surface area contributed by atoms with Crippen LogP contribution in [0.5, 0.6) is 5.75 Å². The lowest BCUT2D eigenvalue weighted by molar-refractivity contribution is -0.124. The number of likely N-dealkylation sites (N-methyl/N-ethyl adjacent to an activating group) is 1. The fraction of sp³-hybridized carbons (Fsp3) is 0.519. The molecule has 0 spiro atoms. The molecule has 1 aliphatic carbocycles. The standard InChI is InChI=1S/C27H37N3O2/c1-30-18-25(22-7-5-6-21(16-22)17-29-23-8-3-4-9-23)26(19-30)27(31)28-15-14-20-10-12-24(32-2)13-11-20/h5-7,10-13,16,23,25-26,29H,3-4,8-9,14-15,17-19H2,1-2H3,(H,28,31)/t25-,26-/m0/s1. The first kappa shape index (κ1) is 22.8. The summed E-state index contributed by atoms with van der Waals surface area (Å²) in [5.41, 5.74) is 3.81. The quantitative estimate of drug-likeness (QED) is 0.630. The molecule has 2 aromatic carbocycles. The first-order valence-electron chi connectivity index (χ1n) is 12.0. The number of carbonyl (C=O) groups excluding carboxylic acids is 1. The molecule has 2 atom stereocenters. The van der Waals surface area contributed by atoms with E-state index in [0.29, 0.717) is 12.6 Å². The Labute approximate surface area is 192 Å². The van der Waals surface area contributed by atoms with Crippen molar-refractivity contribution in [3.8, 4) is 5.75 Å². The van der Waals surface area contributed by atoms with E-state index in [0.717, 1.165) is 31.8 Å². The lowest BCUT2D eigenvalue weighted by Crippen LogP contribution is -2.35. The first-order chi connectivity index (χ1) is 15.6. The minimum atomic E-state index is -0.00564. The summed E-state index contributed by atoms with van der Waals surface area (Å²) in [7, 11) is 3.79. The van der Waals surface area contributed by atoms with E-state index in [1.165, 1.54) is 42.4 Å². The summed E-state index contributed by atoms with van der Waals surface area (Å²) >= 11 is 0. The smallest absolute Gasteiger partial charge is 0.225 e. The predicted octanol–water partition coefficient (Wildman–Crippen LogP) is 3.73. The Morgan fingerprint density at radius 1 is 1.06 bits per heavy atom. The highest BCUT2D eigenvalue weighted by Crippen LogP contribution is 2.32. The molecule has 0 aromatic heterocycles. The van der Waals surface area contributed by atoms with Gasteiger partial charge in [-0.1, -0.05) is 49.2 Å². The fourth-order valence-corrected chi connectivity index (χ4v) is 5.18. The Morgan fingerprint density at radius 2 is 1.84 bits per heavy atom. The number of ether oxygens (including phenoxy) is 1. The van der Waals surface area contributed by atoms with Gasteiger partial charge in [0, 0.05) is 38.1 Å². The Balaban J connectivity index is 1.33. The Hall–Kier alpha value is -2.37. The third kappa shape index (κ3) is 5.90. The van der Waals surface area contributed by atoms with E-state index < -0.39 is 0 Å². The van der Waals surface area contributed by atoms with Crippen LogP contribution in [-0.4, -0.2) is 50.6 Å². The summed E-state index contributed by atoms with van der Waals surface area (Å²) in [6.45, 7) is 3.31. The van der Waals surface area contributed by atoms with Crippen molar-refractivity contribution in [2.45, 2.75) is 50.6 Å². The van der Waals surface area contributed by atoms with Crippen LogP contribution in [0.15, 0.2) is 48.5 Å². The zero-order chi connectivity index (χ0) is 22.3. The SMILES string of the molecule is COc1ccc(CCNC(=O)[C@H]2CN(C)C[C@H]2c2cccc(CNC3CCCC3)c2)cc1. The number of carbonyl (C=O) groups is 1. The van der Waals surface area contributed by atoms with Crippen LogP contribution in [0.25, 0.3) is 0 Å². The normalized spacial score (nSPS) is 21.7. The van der Waals surface area contributed by atoms with Gasteiger partial charge in [0.15, 0.2) is 0 Å². The van der Waals surface area contributed by atoms with E-state index in [4.69, 9.17) is 4.74 Å². The van der Waals surface area contributed by atoms with Gasteiger partial charge < -0.3 is 20.3 Å². The van der Waals surface area contributed by atoms with Crippen molar-refractivity contribution in [1.29, 1.82) is 0 Å². The molecular formula is C27H37N3O2. The molecule has 0 bridgehead atoms. The second-order valence-electron chi connectivity index (χ2n) is 9.43. The van der Waals surface area contributed by atoms with Crippen LogP contribution in [0.2, 0.25) is 0 Å². The van der Waals surface area contributed by atoms with Crippen molar-refractivity contribution in [2.24, 2.45) is 5.92 Å². The third-order valence-corrected chi connectivity index (χ3v) is 7.04. The van der Waals surface area contributed by atoms with Gasteiger partial charge in [0.2, 0.25) is 5.91 Å². The van der Waals surface area contributed by atoms with Crippen molar-refractivity contribution in [2.75, 3.05) is 33.8 Å². The molecule has 32 heavy (non-hydrogen) atoms. The van der Waals surface area contributed by atoms with Crippen molar-refractivity contribution in [3.63, 3.8) is 0 Å². The molecule has 1 heterocycles. The summed E-state index contributed by atoms with van der Waals surface area (Å²) in [6, 6.07) is 17.6. The number of nitrogens with one attached hydrogen (secondary N) is 2. The lowest BCUT2D eigenvalue weighted by Gasteiger charge is -2.20. The predicted molar refractivity (Wildman–Crippen MR) is 129 cm³/mol. The number of likely N-dealkylation sites (tertiary alicyclic amines) is 1. The fourth-order valence-electron chi connectivity index (χ4n) is 5.18. The van der Waals surface area contributed by atoms with Gasteiger partial charge in [-0.2, -0.15) is 0 Å². The maximum absolute atomic E-state index is 13.1. The second kappa shape index (κ2) is 11.0. The summed E-state index contributed by atoms with van der Waals surface area (Å²) in [5, 5.41) is 6.90. The summed E-state index contributed by atoms with van der Waals surface area (Å²) in [6.07, 6.45) is 6.12. The maximum Gasteiger partial charge on any atom is 0.225 e. The van der Waals surface area contributed by atoms with Gasteiger partial charge in [0.05, 0.1) is 13.0 Å². The minimum Gasteiger partial charge on any atom is -0.497 e. The van der Waals surface area contributed by atoms with E-state index in [-0.39, 0.29) is 17.7 Å². The van der Waals surface area contributed by atoms with Gasteiger partial charge in [0.1, 0.15) is 5.75 Å². The van der Waals surface area contributed by atoms with Gasteiger partial charge in [-0.15, -0.1) is 0 Å². The summed E-state index contributed by atoms with van der Waals surface area (Å²) in [4.78, 5) is 15.4. The first-order valence-corrected chi connectivity index (χ1v) is 12.0. The van der Waals surface area contributed by atoms with E-state index in [1.807, 2.05) is 12.1 Å². The molecule has 1 amide bonds. The minimum absolute atomic E-state index is 0.00564. The molecule has 172 valence electrons. The van der Waals surface area contributed by atoms with E-state index in [1.54, 1.807) is 7.11 Å². The molecule has 5 nitrogen and oxygen atoms in total. The number of amides is 1. The van der Waals surface area contributed by atoms with Gasteiger partial charge in [-0.3, -0.25) is 4.79 Å². The zero-order valence-corrected chi connectivity index (χ0v) is 19.5. The van der Waals surface area contributed by atoms with Gasteiger partial charge in [0.25, 0.3) is 0 Å². The maximum atomic E-state index is 13.1. The van der Waals surface area contributed by atoms with Gasteiger partial charge in [-0.25, -0.2) is 0 Å². The molecule has 1 aliphatic heterocycles. The molecule has 1 saturated heterocycles. The monoisotopic (exact) mass is 435 g/mol. The molecule has 1 saturated carbocycles. The summed E-state index contributed by atoms with van der Waals surface area (Å²) in [5.74, 6) is 1.26. The van der Waals surface area contributed by atoms with Crippen molar-refractivity contribution >= 4 is 5.91 Å². The highest BCUT2D eigenvalue weighted by molar-refractivity contribution is 5.80. The number of benzene rings is 2. The lowest BCUT2D eigenvalue weighted by atomic mass is 9.87. The molecule has 2 N–H and O–H groups in total. The average Bonchev–Trinajstić information content (AvgIpc) is 3.48. The van der Waals surface area contributed by atoms with E-state index >= 15 is 0 Å². The highest BCUT2D eigenvalue weighted by Gasteiger charge is 2.36. The average molecular weight is 436 g/mol. The number of hydrogen-bond acceptors (Lipinski definition) is 4. The van der Waals surface area contributed by atoms with Crippen LogP contribution in [-0.2, 0) is 17.8 Å². The van der Waals surface area contributed by atoms with E-state index in [2.05, 4.69) is 59.0 Å². The Morgan fingerprint density at radius 3 is 2.59 bits per heavy atom. The molecule has 2 aliphatic rings. The Kier molecular flexibility index (Phi) is 7.82. The molecular weight excluding hydrogens is 398 g/mol. The topological polar surface area (TPSA) is 53.6 Å². The van der Waals surface area contributed by atoms with Gasteiger partial charge in [-0.05, 0) is 55.1 Å². The Bertz CT molecular complexity index is 877. The number of nitrogens with zero attached hydrogens (tertiary/aromatic N) is 1. The third-order valence-electron chi connectivity index (χ3n) is 7.04. The van der Waals surface area contributed by atoms with Crippen LogP contribution in [0.1, 0.15) is 48.3 Å². The van der Waals surface area contributed by atoms with Crippen molar-refractivity contribution in [3.05, 3.63) is 65.2 Å². The van der Waals surface area contributed by atoms with Crippen LogP contribution in [0, 0.1) is 5.92 Å². The highest BCUT2D eigenvalue weighted by atomic mass is 16.5. The van der Waals surface area contributed by atoms with Crippen LogP contribution in [0.3, 0.4) is 0 Å². The molecule has 0 unspecified atom stereocenters. The van der Waals surface area contributed by atoms with Crippen LogP contribution < -0.4 is 15.4 Å². The second-order valence-corrected chi connectivity index (χ2v) is 9.43. The molecule has 4 rings (SSSR count). The number of rotatable bonds is 9. The van der Waals surface area contributed by atoms with Crippen LogP contribution in [0.4, 0.5) is 0 Å². The van der Waals surface area contributed by atoms with Crippen molar-refractivity contribution in [1.82, 2.24) is 15.5 Å². The summed E-state index contributed by atoms with van der Waals surface area (Å²) < 4.78 is 5.21. The van der Waals surface area contributed by atoms with Gasteiger partial charge >= 0.3 is 0 Å². The zero-order valence-electron chi connectivity index (χ0n) is 19.5. The van der Waals surface area contributed by atoms with Crippen LogP contribution >= 0.6 is 0 Å². The number of methoxy groups -OCH3 is 1. The number of hydrogen-bond donors (Lipinski definition) is 2. The molecule has 2 fully saturated rings.